The van der Waals surface area contributed by atoms with Crippen molar-refractivity contribution in [2.45, 2.75) is 32.7 Å². The summed E-state index contributed by atoms with van der Waals surface area (Å²) in [6, 6.07) is 4.81. The van der Waals surface area contributed by atoms with E-state index < -0.39 is 0 Å². The van der Waals surface area contributed by atoms with Gasteiger partial charge in [0.25, 0.3) is 0 Å². The molecule has 0 spiro atoms. The quantitative estimate of drug-likeness (QED) is 0.856. The zero-order valence-corrected chi connectivity index (χ0v) is 10.2. The molecule has 17 heavy (non-hydrogen) atoms. The second-order valence-electron chi connectivity index (χ2n) is 4.57. The molecular weight excluding hydrogens is 221 g/mol. The van der Waals surface area contributed by atoms with E-state index in [1.165, 1.54) is 6.07 Å². The highest BCUT2D eigenvalue weighted by atomic mass is 19.1. The first-order chi connectivity index (χ1) is 8.11. The molecule has 0 unspecified atom stereocenters. The Bertz CT molecular complexity index is 387. The summed E-state index contributed by atoms with van der Waals surface area (Å²) in [5.41, 5.74) is 1.14. The summed E-state index contributed by atoms with van der Waals surface area (Å²) in [6.45, 7) is 5.11. The number of benzene rings is 1. The van der Waals surface area contributed by atoms with Gasteiger partial charge in [-0.3, -0.25) is 0 Å². The normalized spacial score (nSPS) is 25.1. The summed E-state index contributed by atoms with van der Waals surface area (Å²) in [7, 11) is 0. The van der Waals surface area contributed by atoms with Crippen molar-refractivity contribution in [2.24, 2.45) is 0 Å². The van der Waals surface area contributed by atoms with Crippen LogP contribution in [-0.2, 0) is 11.3 Å². The van der Waals surface area contributed by atoms with E-state index in [0.29, 0.717) is 24.3 Å². The van der Waals surface area contributed by atoms with E-state index >= 15 is 0 Å². The maximum atomic E-state index is 13.9. The van der Waals surface area contributed by atoms with Crippen molar-refractivity contribution in [3.8, 4) is 0 Å². The van der Waals surface area contributed by atoms with Gasteiger partial charge >= 0.3 is 0 Å². The Hall–Kier alpha value is -1.13. The number of para-hydroxylation sites is 1. The van der Waals surface area contributed by atoms with Crippen LogP contribution in [0.2, 0.25) is 0 Å². The van der Waals surface area contributed by atoms with Gasteiger partial charge < -0.3 is 14.7 Å². The lowest BCUT2D eigenvalue weighted by atomic mass is 10.1. The van der Waals surface area contributed by atoms with Gasteiger partial charge in [0.2, 0.25) is 0 Å². The van der Waals surface area contributed by atoms with Gasteiger partial charge in [0, 0.05) is 18.7 Å². The van der Waals surface area contributed by atoms with Crippen LogP contribution in [0.3, 0.4) is 0 Å². The smallest absolute Gasteiger partial charge is 0.146 e. The summed E-state index contributed by atoms with van der Waals surface area (Å²) >= 11 is 0. The molecule has 1 aromatic rings. The predicted molar refractivity (Wildman–Crippen MR) is 64.5 cm³/mol. The average Bonchev–Trinajstić information content (AvgIpc) is 2.27. The number of hydrogen-bond donors (Lipinski definition) is 1. The Balaban J connectivity index is 2.32. The van der Waals surface area contributed by atoms with Gasteiger partial charge in [-0.05, 0) is 19.9 Å². The van der Waals surface area contributed by atoms with Gasteiger partial charge in [-0.2, -0.15) is 0 Å². The molecule has 4 heteroatoms. The van der Waals surface area contributed by atoms with E-state index in [0.717, 1.165) is 0 Å². The van der Waals surface area contributed by atoms with Crippen molar-refractivity contribution in [1.29, 1.82) is 0 Å². The minimum atomic E-state index is -0.280. The van der Waals surface area contributed by atoms with Crippen LogP contribution in [0.25, 0.3) is 0 Å². The lowest BCUT2D eigenvalue weighted by Gasteiger charge is -2.37. The second-order valence-corrected chi connectivity index (χ2v) is 4.57. The summed E-state index contributed by atoms with van der Waals surface area (Å²) in [5, 5.41) is 9.28. The first-order valence-corrected chi connectivity index (χ1v) is 5.90. The molecule has 0 aliphatic carbocycles. The second kappa shape index (κ2) is 5.02. The van der Waals surface area contributed by atoms with Crippen molar-refractivity contribution < 1.29 is 14.2 Å². The molecule has 1 heterocycles. The van der Waals surface area contributed by atoms with E-state index in [1.807, 2.05) is 18.7 Å². The molecule has 1 aliphatic rings. The summed E-state index contributed by atoms with van der Waals surface area (Å²) in [5.74, 6) is -0.280. The van der Waals surface area contributed by atoms with E-state index in [9.17, 15) is 9.50 Å². The number of rotatable bonds is 2. The first-order valence-electron chi connectivity index (χ1n) is 5.90. The number of anilines is 1. The van der Waals surface area contributed by atoms with E-state index in [2.05, 4.69) is 0 Å². The zero-order chi connectivity index (χ0) is 12.4. The van der Waals surface area contributed by atoms with E-state index in [1.54, 1.807) is 12.1 Å². The zero-order valence-electron chi connectivity index (χ0n) is 10.2. The molecule has 1 aromatic carbocycles. The maximum Gasteiger partial charge on any atom is 0.146 e. The van der Waals surface area contributed by atoms with Crippen molar-refractivity contribution in [3.05, 3.63) is 29.6 Å². The van der Waals surface area contributed by atoms with Gasteiger partial charge in [0.15, 0.2) is 0 Å². The fourth-order valence-electron chi connectivity index (χ4n) is 2.40. The Kier molecular flexibility index (Phi) is 3.64. The van der Waals surface area contributed by atoms with E-state index in [4.69, 9.17) is 4.74 Å². The van der Waals surface area contributed by atoms with Crippen LogP contribution in [0.15, 0.2) is 18.2 Å². The lowest BCUT2D eigenvalue weighted by molar-refractivity contribution is -0.00550. The number of halogens is 1. The molecule has 2 atom stereocenters. The van der Waals surface area contributed by atoms with Gasteiger partial charge in [0.05, 0.1) is 24.5 Å². The highest BCUT2D eigenvalue weighted by Gasteiger charge is 2.25. The third-order valence-corrected chi connectivity index (χ3v) is 2.98. The van der Waals surface area contributed by atoms with E-state index in [-0.39, 0.29) is 24.6 Å². The van der Waals surface area contributed by atoms with Gasteiger partial charge in [-0.15, -0.1) is 0 Å². The van der Waals surface area contributed by atoms with Crippen LogP contribution in [0.1, 0.15) is 19.4 Å². The number of aliphatic hydroxyl groups excluding tert-OH is 1. The number of ether oxygens (including phenoxy) is 1. The SMILES string of the molecule is C[C@@H]1CN(c2c(F)cccc2CO)C[C@H](C)O1. The highest BCUT2D eigenvalue weighted by molar-refractivity contribution is 5.55. The predicted octanol–water partition coefficient (Wildman–Crippen LogP) is 1.93. The largest absolute Gasteiger partial charge is 0.392 e. The van der Waals surface area contributed by atoms with Gasteiger partial charge in [-0.25, -0.2) is 4.39 Å². The van der Waals surface area contributed by atoms with Crippen LogP contribution >= 0.6 is 0 Å². The molecule has 0 amide bonds. The minimum absolute atomic E-state index is 0.0740. The molecule has 94 valence electrons. The van der Waals surface area contributed by atoms with Crippen molar-refractivity contribution in [2.75, 3.05) is 18.0 Å². The van der Waals surface area contributed by atoms with Crippen LogP contribution in [0.4, 0.5) is 10.1 Å². The summed E-state index contributed by atoms with van der Waals surface area (Å²) < 4.78 is 19.5. The van der Waals surface area contributed by atoms with Crippen LogP contribution < -0.4 is 4.90 Å². The number of aliphatic hydroxyl groups is 1. The fourth-order valence-corrected chi connectivity index (χ4v) is 2.40. The third-order valence-electron chi connectivity index (χ3n) is 2.98. The lowest BCUT2D eigenvalue weighted by Crippen LogP contribution is -2.46. The van der Waals surface area contributed by atoms with Gasteiger partial charge in [-0.1, -0.05) is 12.1 Å². The molecule has 1 saturated heterocycles. The molecule has 0 bridgehead atoms. The van der Waals surface area contributed by atoms with Crippen molar-refractivity contribution in [3.63, 3.8) is 0 Å². The fraction of sp³-hybridized carbons (Fsp3) is 0.538. The Morgan fingerprint density at radius 3 is 2.59 bits per heavy atom. The molecule has 0 radical (unpaired) electrons. The summed E-state index contributed by atoms with van der Waals surface area (Å²) in [6.07, 6.45) is 0.148. The monoisotopic (exact) mass is 239 g/mol. The molecular formula is C13H18FNO2. The topological polar surface area (TPSA) is 32.7 Å². The average molecular weight is 239 g/mol. The van der Waals surface area contributed by atoms with Gasteiger partial charge in [0.1, 0.15) is 5.82 Å². The van der Waals surface area contributed by atoms with Crippen molar-refractivity contribution in [1.82, 2.24) is 0 Å². The maximum absolute atomic E-state index is 13.9. The van der Waals surface area contributed by atoms with Crippen molar-refractivity contribution >= 4 is 5.69 Å². The number of hydrogen-bond acceptors (Lipinski definition) is 3. The Morgan fingerprint density at radius 1 is 1.35 bits per heavy atom. The van der Waals surface area contributed by atoms with Crippen LogP contribution in [-0.4, -0.2) is 30.4 Å². The minimum Gasteiger partial charge on any atom is -0.392 e. The first kappa shape index (κ1) is 12.3. The van der Waals surface area contributed by atoms with Crippen LogP contribution in [0.5, 0.6) is 0 Å². The standard InChI is InChI=1S/C13H18FNO2/c1-9-6-15(7-10(2)17-9)13-11(8-16)4-3-5-12(13)14/h3-5,9-10,16H,6-8H2,1-2H3/t9-,10+. The Labute approximate surface area is 101 Å². The Morgan fingerprint density at radius 2 is 2.00 bits per heavy atom. The molecule has 0 aromatic heterocycles. The third kappa shape index (κ3) is 2.58. The molecule has 1 aliphatic heterocycles. The number of nitrogens with zero attached hydrogens (tertiary/aromatic N) is 1. The highest BCUT2D eigenvalue weighted by Crippen LogP contribution is 2.27. The molecule has 1 fully saturated rings. The summed E-state index contributed by atoms with van der Waals surface area (Å²) in [4.78, 5) is 1.96. The molecule has 3 nitrogen and oxygen atoms in total. The molecule has 1 N–H and O–H groups in total. The van der Waals surface area contributed by atoms with Crippen LogP contribution in [0, 0.1) is 5.82 Å². The number of morpholine rings is 1. The molecule has 2 rings (SSSR count). The molecule has 0 saturated carbocycles.